The van der Waals surface area contributed by atoms with E-state index in [1.165, 1.54) is 40.9 Å². The lowest BCUT2D eigenvalue weighted by Crippen LogP contribution is -2.36. The van der Waals surface area contributed by atoms with Crippen molar-refractivity contribution < 1.29 is 35.5 Å². The summed E-state index contributed by atoms with van der Waals surface area (Å²) in [5.41, 5.74) is -2.69. The lowest BCUT2D eigenvalue weighted by molar-refractivity contribution is -0.143. The molecular formula is C24H19F7N4OS. The SMILES string of the molecule is CSc1nc2c(c(-c3ccc(F)cc3)n1)C(=O)N(Cc1cc(C(F)(F)F)cc(C(F)(F)F)c1)CCCN2. The quantitative estimate of drug-likeness (QED) is 0.231. The number of fused-ring (bicyclic) bond motifs is 1. The summed E-state index contributed by atoms with van der Waals surface area (Å²) in [6, 6.07) is 6.46. The zero-order valence-electron chi connectivity index (χ0n) is 19.2. The van der Waals surface area contributed by atoms with E-state index in [9.17, 15) is 35.5 Å². The van der Waals surface area contributed by atoms with Crippen molar-refractivity contribution in [3.63, 3.8) is 0 Å². The van der Waals surface area contributed by atoms with Crippen molar-refractivity contribution in [3.8, 4) is 11.3 Å². The second kappa shape index (κ2) is 10.2. The molecule has 0 radical (unpaired) electrons. The van der Waals surface area contributed by atoms with Crippen LogP contribution in [0.3, 0.4) is 0 Å². The van der Waals surface area contributed by atoms with Gasteiger partial charge >= 0.3 is 12.4 Å². The monoisotopic (exact) mass is 544 g/mol. The van der Waals surface area contributed by atoms with E-state index in [4.69, 9.17) is 0 Å². The van der Waals surface area contributed by atoms with Crippen LogP contribution >= 0.6 is 11.8 Å². The van der Waals surface area contributed by atoms with Crippen molar-refractivity contribution in [1.29, 1.82) is 0 Å². The standard InChI is InChI=1S/C24H19F7N4OS/c1-37-22-33-19(14-3-5-17(25)6-4-14)18-20(34-22)32-7-2-8-35(21(18)36)12-13-9-15(23(26,27)28)11-16(10-13)24(29,30)31/h3-6,9-11H,2,7-8,12H2,1H3,(H,32,33,34). The zero-order chi connectivity index (χ0) is 27.0. The summed E-state index contributed by atoms with van der Waals surface area (Å²) in [5, 5.41) is 3.37. The average Bonchev–Trinajstić information content (AvgIpc) is 2.83. The number of hydrogen-bond acceptors (Lipinski definition) is 5. The number of nitrogens with zero attached hydrogens (tertiary/aromatic N) is 3. The van der Waals surface area contributed by atoms with Crippen LogP contribution in [0.1, 0.15) is 33.5 Å². The lowest BCUT2D eigenvalue weighted by atomic mass is 10.0. The Morgan fingerprint density at radius 1 is 0.973 bits per heavy atom. The van der Waals surface area contributed by atoms with E-state index in [-0.39, 0.29) is 35.2 Å². The molecule has 4 rings (SSSR count). The summed E-state index contributed by atoms with van der Waals surface area (Å²) in [6.45, 7) is -0.116. The van der Waals surface area contributed by atoms with Crippen LogP contribution in [0.4, 0.5) is 36.6 Å². The molecule has 2 aromatic carbocycles. The number of halogens is 7. The molecule has 0 saturated carbocycles. The van der Waals surface area contributed by atoms with Crippen molar-refractivity contribution in [2.45, 2.75) is 30.5 Å². The second-order valence-electron chi connectivity index (χ2n) is 8.21. The maximum Gasteiger partial charge on any atom is 0.416 e. The minimum Gasteiger partial charge on any atom is -0.369 e. The number of alkyl halides is 6. The minimum atomic E-state index is -5.01. The van der Waals surface area contributed by atoms with E-state index >= 15 is 0 Å². The smallest absolute Gasteiger partial charge is 0.369 e. The van der Waals surface area contributed by atoms with Crippen LogP contribution < -0.4 is 5.32 Å². The molecule has 0 atom stereocenters. The van der Waals surface area contributed by atoms with Crippen molar-refractivity contribution >= 4 is 23.5 Å². The second-order valence-corrected chi connectivity index (χ2v) is 8.98. The number of carbonyl (C=O) groups is 1. The molecule has 5 nitrogen and oxygen atoms in total. The first-order chi connectivity index (χ1) is 17.4. The van der Waals surface area contributed by atoms with E-state index in [1.807, 2.05) is 0 Å². The predicted molar refractivity (Wildman–Crippen MR) is 124 cm³/mol. The Kier molecular flexibility index (Phi) is 7.36. The van der Waals surface area contributed by atoms with Crippen molar-refractivity contribution in [1.82, 2.24) is 14.9 Å². The molecule has 0 saturated heterocycles. The molecule has 0 spiro atoms. The fraction of sp³-hybridized carbons (Fsp3) is 0.292. The van der Waals surface area contributed by atoms with E-state index in [0.717, 1.165) is 0 Å². The predicted octanol–water partition coefficient (Wildman–Crippen LogP) is 6.50. The number of anilines is 1. The first kappa shape index (κ1) is 26.7. The van der Waals surface area contributed by atoms with Gasteiger partial charge in [-0.15, -0.1) is 0 Å². The van der Waals surface area contributed by atoms with Gasteiger partial charge in [0.25, 0.3) is 5.91 Å². The van der Waals surface area contributed by atoms with Crippen LogP contribution in [0.15, 0.2) is 47.6 Å². The normalized spacial score (nSPS) is 14.6. The maximum absolute atomic E-state index is 13.7. The number of aromatic nitrogens is 2. The van der Waals surface area contributed by atoms with Gasteiger partial charge in [-0.1, -0.05) is 11.8 Å². The lowest BCUT2D eigenvalue weighted by Gasteiger charge is -2.28. The average molecular weight is 544 g/mol. The minimum absolute atomic E-state index is 0.00729. The molecule has 13 heteroatoms. The summed E-state index contributed by atoms with van der Waals surface area (Å²) in [6.07, 6.45) is -7.94. The Morgan fingerprint density at radius 3 is 2.16 bits per heavy atom. The highest BCUT2D eigenvalue weighted by Gasteiger charge is 2.37. The molecule has 1 N–H and O–H groups in total. The number of thioether (sulfide) groups is 1. The molecule has 0 fully saturated rings. The van der Waals surface area contributed by atoms with Gasteiger partial charge in [0.1, 0.15) is 17.2 Å². The first-order valence-corrected chi connectivity index (χ1v) is 12.1. The van der Waals surface area contributed by atoms with Crippen LogP contribution in [0.25, 0.3) is 11.3 Å². The van der Waals surface area contributed by atoms with Crippen LogP contribution in [0.5, 0.6) is 0 Å². The van der Waals surface area contributed by atoms with E-state index < -0.39 is 41.7 Å². The molecule has 0 unspecified atom stereocenters. The highest BCUT2D eigenvalue weighted by molar-refractivity contribution is 7.98. The number of hydrogen-bond donors (Lipinski definition) is 1. The molecule has 2 heterocycles. The molecule has 1 aliphatic rings. The first-order valence-electron chi connectivity index (χ1n) is 10.9. The van der Waals surface area contributed by atoms with Gasteiger partial charge in [0.15, 0.2) is 5.16 Å². The van der Waals surface area contributed by atoms with Crippen molar-refractivity contribution in [3.05, 3.63) is 70.5 Å². The summed E-state index contributed by atoms with van der Waals surface area (Å²) in [5.74, 6) is -1.02. The van der Waals surface area contributed by atoms with E-state index in [0.29, 0.717) is 35.8 Å². The molecular weight excluding hydrogens is 525 g/mol. The Bertz CT molecular complexity index is 1280. The molecule has 1 aromatic heterocycles. The maximum atomic E-state index is 13.7. The van der Waals surface area contributed by atoms with Gasteiger partial charge in [0.05, 0.1) is 16.8 Å². The molecule has 1 amide bonds. The van der Waals surface area contributed by atoms with Gasteiger partial charge < -0.3 is 10.2 Å². The number of nitrogens with one attached hydrogen (secondary N) is 1. The third-order valence-corrected chi connectivity index (χ3v) is 6.16. The molecule has 0 aliphatic carbocycles. The van der Waals surface area contributed by atoms with Gasteiger partial charge in [-0.25, -0.2) is 14.4 Å². The number of carbonyl (C=O) groups excluding carboxylic acids is 1. The van der Waals surface area contributed by atoms with Crippen molar-refractivity contribution in [2.75, 3.05) is 24.7 Å². The largest absolute Gasteiger partial charge is 0.416 e. The Balaban J connectivity index is 1.80. The summed E-state index contributed by atoms with van der Waals surface area (Å²) < 4.78 is 93.6. The van der Waals surface area contributed by atoms with E-state index in [2.05, 4.69) is 15.3 Å². The Morgan fingerprint density at radius 2 is 1.59 bits per heavy atom. The molecule has 196 valence electrons. The third-order valence-electron chi connectivity index (χ3n) is 5.61. The van der Waals surface area contributed by atoms with Crippen LogP contribution in [-0.4, -0.2) is 40.1 Å². The summed E-state index contributed by atoms with van der Waals surface area (Å²) >= 11 is 1.20. The highest BCUT2D eigenvalue weighted by Crippen LogP contribution is 2.37. The van der Waals surface area contributed by atoms with E-state index in [1.54, 1.807) is 6.26 Å². The van der Waals surface area contributed by atoms with Gasteiger partial charge in [-0.2, -0.15) is 26.3 Å². The fourth-order valence-electron chi connectivity index (χ4n) is 3.90. The van der Waals surface area contributed by atoms with Gasteiger partial charge in [-0.05, 0) is 60.7 Å². The number of benzene rings is 2. The number of rotatable bonds is 4. The van der Waals surface area contributed by atoms with Crippen LogP contribution in [0, 0.1) is 5.82 Å². The fourth-order valence-corrected chi connectivity index (χ4v) is 4.26. The summed E-state index contributed by atoms with van der Waals surface area (Å²) in [4.78, 5) is 23.6. The van der Waals surface area contributed by atoms with Gasteiger partial charge in [0, 0.05) is 25.2 Å². The molecule has 0 bridgehead atoms. The van der Waals surface area contributed by atoms with Gasteiger partial charge in [-0.3, -0.25) is 4.79 Å². The van der Waals surface area contributed by atoms with Crippen LogP contribution in [-0.2, 0) is 18.9 Å². The summed E-state index contributed by atoms with van der Waals surface area (Å²) in [7, 11) is 0. The van der Waals surface area contributed by atoms with Crippen molar-refractivity contribution in [2.24, 2.45) is 0 Å². The number of amides is 1. The Labute approximate surface area is 211 Å². The van der Waals surface area contributed by atoms with Gasteiger partial charge in [0.2, 0.25) is 0 Å². The Hall–Kier alpha value is -3.35. The third kappa shape index (κ3) is 5.97. The van der Waals surface area contributed by atoms with Crippen LogP contribution in [0.2, 0.25) is 0 Å². The molecule has 1 aliphatic heterocycles. The zero-order valence-corrected chi connectivity index (χ0v) is 20.0. The highest BCUT2D eigenvalue weighted by atomic mass is 32.2. The molecule has 3 aromatic rings. The molecule has 37 heavy (non-hydrogen) atoms. The topological polar surface area (TPSA) is 58.1 Å².